The maximum atomic E-state index is 12.2. The van der Waals surface area contributed by atoms with Crippen LogP contribution in [-0.4, -0.2) is 36.1 Å². The predicted octanol–water partition coefficient (Wildman–Crippen LogP) is 3.23. The van der Waals surface area contributed by atoms with Crippen LogP contribution in [0.25, 0.3) is 10.9 Å². The molecule has 3 rings (SSSR count). The third-order valence-corrected chi connectivity index (χ3v) is 4.30. The predicted molar refractivity (Wildman–Crippen MR) is 102 cm³/mol. The number of fused-ring (bicyclic) bond motifs is 1. The van der Waals surface area contributed by atoms with Crippen molar-refractivity contribution in [2.24, 2.45) is 0 Å². The number of hydrogen-bond acceptors (Lipinski definition) is 5. The van der Waals surface area contributed by atoms with Crippen LogP contribution in [0, 0.1) is 0 Å². The number of para-hydroxylation sites is 1. The standard InChI is InChI=1S/C19H20ClN3O3/c1-23(10-12-5-4-6-16(25-2)18(12)26-3)11-17-21-15-9-13(20)7-8-14(15)19(24)22-17/h4-9H,10-11H2,1-3H3,(H,21,22,24). The molecule has 0 amide bonds. The van der Waals surface area contributed by atoms with E-state index in [4.69, 9.17) is 21.1 Å². The van der Waals surface area contributed by atoms with Gasteiger partial charge in [0.05, 0.1) is 31.7 Å². The molecule has 0 saturated heterocycles. The van der Waals surface area contributed by atoms with Crippen molar-refractivity contribution < 1.29 is 9.47 Å². The number of aromatic amines is 1. The minimum absolute atomic E-state index is 0.172. The zero-order valence-electron chi connectivity index (χ0n) is 14.9. The Morgan fingerprint density at radius 3 is 2.69 bits per heavy atom. The third-order valence-electron chi connectivity index (χ3n) is 4.06. The Morgan fingerprint density at radius 2 is 1.96 bits per heavy atom. The molecule has 0 aliphatic rings. The van der Waals surface area contributed by atoms with Gasteiger partial charge in [-0.15, -0.1) is 0 Å². The van der Waals surface area contributed by atoms with Gasteiger partial charge in [0.15, 0.2) is 11.5 Å². The van der Waals surface area contributed by atoms with Gasteiger partial charge in [0.2, 0.25) is 0 Å². The molecule has 26 heavy (non-hydrogen) atoms. The fourth-order valence-electron chi connectivity index (χ4n) is 2.92. The van der Waals surface area contributed by atoms with Crippen LogP contribution >= 0.6 is 11.6 Å². The van der Waals surface area contributed by atoms with Crippen molar-refractivity contribution in [2.45, 2.75) is 13.1 Å². The molecule has 0 atom stereocenters. The van der Waals surface area contributed by atoms with Crippen LogP contribution in [0.4, 0.5) is 0 Å². The van der Waals surface area contributed by atoms with Gasteiger partial charge in [-0.2, -0.15) is 0 Å². The van der Waals surface area contributed by atoms with Crippen molar-refractivity contribution in [3.63, 3.8) is 0 Å². The molecule has 1 N–H and O–H groups in total. The number of rotatable bonds is 6. The Hall–Kier alpha value is -2.57. The van der Waals surface area contributed by atoms with E-state index in [0.717, 1.165) is 5.56 Å². The Kier molecular flexibility index (Phi) is 5.44. The first-order chi connectivity index (χ1) is 12.5. The molecule has 1 heterocycles. The summed E-state index contributed by atoms with van der Waals surface area (Å²) in [4.78, 5) is 21.6. The number of aromatic nitrogens is 2. The SMILES string of the molecule is COc1cccc(CN(C)Cc2nc3cc(Cl)ccc3c(=O)[nH]2)c1OC. The van der Waals surface area contributed by atoms with Crippen molar-refractivity contribution in [3.8, 4) is 11.5 Å². The molecule has 0 spiro atoms. The number of hydrogen-bond donors (Lipinski definition) is 1. The van der Waals surface area contributed by atoms with Crippen molar-refractivity contribution in [2.75, 3.05) is 21.3 Å². The summed E-state index contributed by atoms with van der Waals surface area (Å²) < 4.78 is 10.8. The average Bonchev–Trinajstić information content (AvgIpc) is 2.60. The van der Waals surface area contributed by atoms with Gasteiger partial charge in [0, 0.05) is 17.1 Å². The van der Waals surface area contributed by atoms with E-state index in [1.54, 1.807) is 32.4 Å². The fourth-order valence-corrected chi connectivity index (χ4v) is 3.08. The highest BCUT2D eigenvalue weighted by Crippen LogP contribution is 2.31. The number of methoxy groups -OCH3 is 2. The molecule has 3 aromatic rings. The highest BCUT2D eigenvalue weighted by Gasteiger charge is 2.13. The number of benzene rings is 2. The first kappa shape index (κ1) is 18.2. The number of nitrogens with zero attached hydrogens (tertiary/aromatic N) is 2. The topological polar surface area (TPSA) is 67.5 Å². The van der Waals surface area contributed by atoms with Crippen LogP contribution in [0.15, 0.2) is 41.2 Å². The Morgan fingerprint density at radius 1 is 1.15 bits per heavy atom. The van der Waals surface area contributed by atoms with Gasteiger partial charge < -0.3 is 14.5 Å². The van der Waals surface area contributed by atoms with Crippen molar-refractivity contribution >= 4 is 22.5 Å². The molecule has 1 aromatic heterocycles. The molecule has 0 bridgehead atoms. The minimum Gasteiger partial charge on any atom is -0.493 e. The van der Waals surface area contributed by atoms with Crippen LogP contribution in [0.5, 0.6) is 11.5 Å². The summed E-state index contributed by atoms with van der Waals surface area (Å²) in [5, 5.41) is 1.08. The normalized spacial score (nSPS) is 11.1. The van der Waals surface area contributed by atoms with E-state index in [2.05, 4.69) is 9.97 Å². The molecule has 0 radical (unpaired) electrons. The summed E-state index contributed by atoms with van der Waals surface area (Å²) in [6, 6.07) is 10.8. The Labute approximate surface area is 156 Å². The Balaban J connectivity index is 1.84. The molecule has 0 unspecified atom stereocenters. The van der Waals surface area contributed by atoms with Gasteiger partial charge in [0.25, 0.3) is 5.56 Å². The second-order valence-electron chi connectivity index (χ2n) is 6.00. The van der Waals surface area contributed by atoms with Gasteiger partial charge in [-0.1, -0.05) is 23.7 Å². The van der Waals surface area contributed by atoms with Crippen LogP contribution in [0.2, 0.25) is 5.02 Å². The lowest BCUT2D eigenvalue weighted by atomic mass is 10.1. The van der Waals surface area contributed by atoms with Gasteiger partial charge in [-0.25, -0.2) is 4.98 Å². The highest BCUT2D eigenvalue weighted by atomic mass is 35.5. The second-order valence-corrected chi connectivity index (χ2v) is 6.44. The van der Waals surface area contributed by atoms with E-state index < -0.39 is 0 Å². The summed E-state index contributed by atoms with van der Waals surface area (Å²) in [6.07, 6.45) is 0. The Bertz CT molecular complexity index is 987. The molecule has 0 aliphatic heterocycles. The molecule has 0 aliphatic carbocycles. The molecule has 0 fully saturated rings. The van der Waals surface area contributed by atoms with Gasteiger partial charge in [0.1, 0.15) is 5.82 Å². The van der Waals surface area contributed by atoms with Gasteiger partial charge in [-0.3, -0.25) is 9.69 Å². The number of halogens is 1. The first-order valence-corrected chi connectivity index (χ1v) is 8.46. The van der Waals surface area contributed by atoms with Crippen LogP contribution in [0.3, 0.4) is 0 Å². The molecular weight excluding hydrogens is 354 g/mol. The summed E-state index contributed by atoms with van der Waals surface area (Å²) in [6.45, 7) is 1.08. The van der Waals surface area contributed by atoms with Gasteiger partial charge in [-0.05, 0) is 31.3 Å². The van der Waals surface area contributed by atoms with Crippen LogP contribution in [0.1, 0.15) is 11.4 Å². The van der Waals surface area contributed by atoms with Gasteiger partial charge >= 0.3 is 0 Å². The molecular formula is C19H20ClN3O3. The molecule has 7 heteroatoms. The van der Waals surface area contributed by atoms with E-state index in [-0.39, 0.29) is 5.56 Å². The van der Waals surface area contributed by atoms with Crippen molar-refractivity contribution in [1.82, 2.24) is 14.9 Å². The summed E-state index contributed by atoms with van der Waals surface area (Å²) in [5.41, 5.74) is 1.40. The van der Waals surface area contributed by atoms with E-state index in [1.807, 2.05) is 30.1 Å². The monoisotopic (exact) mass is 373 g/mol. The zero-order chi connectivity index (χ0) is 18.7. The van der Waals surface area contributed by atoms with Crippen molar-refractivity contribution in [1.29, 1.82) is 0 Å². The molecule has 136 valence electrons. The lowest BCUT2D eigenvalue weighted by Crippen LogP contribution is -2.22. The third kappa shape index (κ3) is 3.81. The maximum Gasteiger partial charge on any atom is 0.258 e. The van der Waals surface area contributed by atoms with E-state index in [9.17, 15) is 4.79 Å². The number of nitrogens with one attached hydrogen (secondary N) is 1. The summed E-state index contributed by atoms with van der Waals surface area (Å²) in [7, 11) is 5.18. The fraction of sp³-hybridized carbons (Fsp3) is 0.263. The smallest absolute Gasteiger partial charge is 0.258 e. The molecule has 0 saturated carbocycles. The van der Waals surface area contributed by atoms with E-state index in [1.165, 1.54) is 0 Å². The zero-order valence-corrected chi connectivity index (χ0v) is 15.6. The number of H-pyrrole nitrogens is 1. The lowest BCUT2D eigenvalue weighted by Gasteiger charge is -2.19. The van der Waals surface area contributed by atoms with Crippen LogP contribution < -0.4 is 15.0 Å². The number of ether oxygens (including phenoxy) is 2. The quantitative estimate of drug-likeness (QED) is 0.718. The summed E-state index contributed by atoms with van der Waals surface area (Å²) >= 11 is 6.01. The second kappa shape index (κ2) is 7.76. The first-order valence-electron chi connectivity index (χ1n) is 8.08. The molecule has 6 nitrogen and oxygen atoms in total. The largest absolute Gasteiger partial charge is 0.493 e. The maximum absolute atomic E-state index is 12.2. The van der Waals surface area contributed by atoms with E-state index in [0.29, 0.717) is 46.3 Å². The van der Waals surface area contributed by atoms with E-state index >= 15 is 0 Å². The minimum atomic E-state index is -0.172. The average molecular weight is 374 g/mol. The van der Waals surface area contributed by atoms with Crippen LogP contribution in [-0.2, 0) is 13.1 Å². The lowest BCUT2D eigenvalue weighted by molar-refractivity contribution is 0.297. The summed E-state index contributed by atoms with van der Waals surface area (Å²) in [5.74, 6) is 1.97. The highest BCUT2D eigenvalue weighted by molar-refractivity contribution is 6.31. The van der Waals surface area contributed by atoms with Crippen molar-refractivity contribution in [3.05, 3.63) is 63.2 Å². The molecule has 2 aromatic carbocycles.